The van der Waals surface area contributed by atoms with E-state index >= 15 is 0 Å². The first-order chi connectivity index (χ1) is 14.9. The number of aliphatic imine (C=N–C) groups is 1. The summed E-state index contributed by atoms with van der Waals surface area (Å²) in [5.74, 6) is -0.0960. The molecule has 31 heavy (non-hydrogen) atoms. The van der Waals surface area contributed by atoms with Gasteiger partial charge in [-0.3, -0.25) is 9.59 Å². The third kappa shape index (κ3) is 4.93. The molecule has 0 aliphatic carbocycles. The van der Waals surface area contributed by atoms with E-state index in [2.05, 4.69) is 10.3 Å². The number of carbonyl (C=O) groups excluding carboxylic acids is 2. The number of amidine groups is 1. The van der Waals surface area contributed by atoms with E-state index in [1.807, 2.05) is 42.5 Å². The van der Waals surface area contributed by atoms with Crippen LogP contribution in [0.5, 0.6) is 5.75 Å². The summed E-state index contributed by atoms with van der Waals surface area (Å²) in [4.78, 5) is 28.0. The number of carbonyl (C=O) groups is 2. The molecule has 156 valence electrons. The van der Waals surface area contributed by atoms with Gasteiger partial charge >= 0.3 is 0 Å². The quantitative estimate of drug-likeness (QED) is 0.486. The van der Waals surface area contributed by atoms with E-state index in [4.69, 9.17) is 27.9 Å². The fourth-order valence-electron chi connectivity index (χ4n) is 3.09. The van der Waals surface area contributed by atoms with Crippen molar-refractivity contribution in [3.63, 3.8) is 0 Å². The summed E-state index contributed by atoms with van der Waals surface area (Å²) in [5.41, 5.74) is 1.54. The van der Waals surface area contributed by atoms with E-state index in [9.17, 15) is 9.59 Å². The Hall–Kier alpha value is -2.80. The van der Waals surface area contributed by atoms with E-state index in [0.717, 1.165) is 33.7 Å². The van der Waals surface area contributed by atoms with Crippen molar-refractivity contribution in [1.29, 1.82) is 0 Å². The highest BCUT2D eigenvalue weighted by Gasteiger charge is 2.23. The Balaban J connectivity index is 1.70. The van der Waals surface area contributed by atoms with Crippen molar-refractivity contribution in [1.82, 2.24) is 5.32 Å². The number of fused-ring (bicyclic) bond motifs is 1. The summed E-state index contributed by atoms with van der Waals surface area (Å²) in [6.07, 6.45) is 1.74. The molecule has 0 saturated carbocycles. The Morgan fingerprint density at radius 2 is 1.97 bits per heavy atom. The maximum atomic E-state index is 12.4. The number of benzene rings is 3. The Morgan fingerprint density at radius 3 is 2.74 bits per heavy atom. The molecule has 3 aromatic rings. The zero-order valence-electron chi connectivity index (χ0n) is 16.3. The van der Waals surface area contributed by atoms with Gasteiger partial charge in [0.25, 0.3) is 5.91 Å². The summed E-state index contributed by atoms with van der Waals surface area (Å²) >= 11 is 13.4. The van der Waals surface area contributed by atoms with Gasteiger partial charge in [-0.15, -0.1) is 0 Å². The normalized spacial score (nSPS) is 14.7. The van der Waals surface area contributed by atoms with Crippen molar-refractivity contribution in [3.05, 3.63) is 80.7 Å². The predicted octanol–water partition coefficient (Wildman–Crippen LogP) is 5.83. The van der Waals surface area contributed by atoms with E-state index < -0.39 is 5.91 Å². The summed E-state index contributed by atoms with van der Waals surface area (Å²) < 4.78 is 6.09. The van der Waals surface area contributed by atoms with Crippen LogP contribution in [0.1, 0.15) is 18.1 Å². The van der Waals surface area contributed by atoms with E-state index in [0.29, 0.717) is 20.7 Å². The predicted molar refractivity (Wildman–Crippen MR) is 127 cm³/mol. The van der Waals surface area contributed by atoms with E-state index in [-0.39, 0.29) is 17.7 Å². The van der Waals surface area contributed by atoms with Gasteiger partial charge in [-0.2, -0.15) is 4.99 Å². The minimum atomic E-state index is -0.409. The Labute approximate surface area is 193 Å². The second kappa shape index (κ2) is 9.14. The fourth-order valence-corrected chi connectivity index (χ4v) is 4.39. The van der Waals surface area contributed by atoms with Crippen molar-refractivity contribution in [2.45, 2.75) is 13.5 Å². The molecule has 8 heteroatoms. The highest BCUT2D eigenvalue weighted by atomic mass is 35.5. The van der Waals surface area contributed by atoms with Crippen LogP contribution >= 0.6 is 35.0 Å². The smallest absolute Gasteiger partial charge is 0.286 e. The van der Waals surface area contributed by atoms with Gasteiger partial charge in [0.1, 0.15) is 12.4 Å². The van der Waals surface area contributed by atoms with Gasteiger partial charge < -0.3 is 10.1 Å². The molecule has 2 amide bonds. The van der Waals surface area contributed by atoms with Gasteiger partial charge in [0.05, 0.1) is 4.91 Å². The minimum Gasteiger partial charge on any atom is -0.488 e. The lowest BCUT2D eigenvalue weighted by Gasteiger charge is -2.13. The maximum absolute atomic E-state index is 12.4. The topological polar surface area (TPSA) is 67.8 Å². The number of nitrogens with zero attached hydrogens (tertiary/aromatic N) is 1. The molecule has 1 heterocycles. The third-order valence-electron chi connectivity index (χ3n) is 4.51. The molecule has 0 spiro atoms. The van der Waals surface area contributed by atoms with Crippen LogP contribution in [0.25, 0.3) is 16.8 Å². The number of hydrogen-bond donors (Lipinski definition) is 1. The summed E-state index contributed by atoms with van der Waals surface area (Å²) in [6, 6.07) is 16.9. The van der Waals surface area contributed by atoms with Crippen LogP contribution in [0.15, 0.2) is 64.5 Å². The Bertz CT molecular complexity index is 1270. The van der Waals surface area contributed by atoms with Crippen LogP contribution in [0, 0.1) is 0 Å². The zero-order chi connectivity index (χ0) is 22.0. The van der Waals surface area contributed by atoms with Crippen LogP contribution < -0.4 is 10.1 Å². The van der Waals surface area contributed by atoms with Crippen LogP contribution in [-0.2, 0) is 16.2 Å². The molecule has 1 N–H and O–H groups in total. The lowest BCUT2D eigenvalue weighted by molar-refractivity contribution is -0.117. The lowest BCUT2D eigenvalue weighted by Crippen LogP contribution is -2.23. The molecule has 3 aromatic carbocycles. The lowest BCUT2D eigenvalue weighted by atomic mass is 10.0. The van der Waals surface area contributed by atoms with Crippen molar-refractivity contribution >= 4 is 68.8 Å². The highest BCUT2D eigenvalue weighted by Crippen LogP contribution is 2.35. The summed E-state index contributed by atoms with van der Waals surface area (Å²) in [7, 11) is 0. The first-order valence-corrected chi connectivity index (χ1v) is 10.9. The number of thioether (sulfide) groups is 1. The van der Waals surface area contributed by atoms with Crippen LogP contribution in [0.4, 0.5) is 0 Å². The molecule has 0 aromatic heterocycles. The van der Waals surface area contributed by atoms with E-state index in [1.54, 1.807) is 18.2 Å². The number of hydrogen-bond acceptors (Lipinski definition) is 4. The first-order valence-electron chi connectivity index (χ1n) is 9.29. The van der Waals surface area contributed by atoms with Gasteiger partial charge in [0.2, 0.25) is 5.91 Å². The molecule has 0 bridgehead atoms. The van der Waals surface area contributed by atoms with Crippen LogP contribution in [0.2, 0.25) is 10.0 Å². The first kappa shape index (κ1) is 21.4. The van der Waals surface area contributed by atoms with E-state index in [1.165, 1.54) is 6.92 Å². The van der Waals surface area contributed by atoms with Crippen molar-refractivity contribution < 1.29 is 14.3 Å². The van der Waals surface area contributed by atoms with Gasteiger partial charge in [-0.1, -0.05) is 59.6 Å². The highest BCUT2D eigenvalue weighted by molar-refractivity contribution is 8.18. The largest absolute Gasteiger partial charge is 0.488 e. The minimum absolute atomic E-state index is 0.235. The zero-order valence-corrected chi connectivity index (χ0v) is 18.6. The van der Waals surface area contributed by atoms with Crippen molar-refractivity contribution in [3.8, 4) is 5.75 Å². The molecule has 4 rings (SSSR count). The third-order valence-corrected chi connectivity index (χ3v) is 5.99. The fraction of sp³-hybridized carbons (Fsp3) is 0.0870. The van der Waals surface area contributed by atoms with Crippen molar-refractivity contribution in [2.75, 3.05) is 0 Å². The van der Waals surface area contributed by atoms with Gasteiger partial charge in [-0.25, -0.2) is 0 Å². The van der Waals surface area contributed by atoms with Gasteiger partial charge in [0.15, 0.2) is 5.17 Å². The molecule has 1 aliphatic heterocycles. The number of ether oxygens (including phenoxy) is 1. The van der Waals surface area contributed by atoms with Gasteiger partial charge in [-0.05, 0) is 46.8 Å². The SMILES string of the molecule is CC(=O)NC1=NC(=O)/C(=C/c2c(OCc3ccc(Cl)cc3Cl)ccc3ccccc23)S1. The molecule has 1 aliphatic rings. The van der Waals surface area contributed by atoms with Crippen molar-refractivity contribution in [2.24, 2.45) is 4.99 Å². The number of nitrogens with one attached hydrogen (secondary N) is 1. The summed E-state index contributed by atoms with van der Waals surface area (Å²) in [5, 5.41) is 5.82. The molecular formula is C23H16Cl2N2O3S. The van der Waals surface area contributed by atoms with Crippen LogP contribution in [0.3, 0.4) is 0 Å². The standard InChI is InChI=1S/C23H16Cl2N2O3S/c1-13(28)26-23-27-22(29)21(31-23)11-18-17-5-3-2-4-14(17)7-9-20(18)30-12-15-6-8-16(24)10-19(15)25/h2-11H,12H2,1H3,(H,26,27,28,29)/b21-11-. The number of halogens is 2. The second-order valence-corrected chi connectivity index (χ2v) is 8.61. The monoisotopic (exact) mass is 470 g/mol. The molecule has 0 atom stereocenters. The maximum Gasteiger partial charge on any atom is 0.286 e. The number of rotatable bonds is 4. The number of amides is 2. The molecule has 0 radical (unpaired) electrons. The Kier molecular flexibility index (Phi) is 6.32. The average Bonchev–Trinajstić information content (AvgIpc) is 3.06. The van der Waals surface area contributed by atoms with Crippen LogP contribution in [-0.4, -0.2) is 17.0 Å². The second-order valence-electron chi connectivity index (χ2n) is 6.74. The molecule has 5 nitrogen and oxygen atoms in total. The molecular weight excluding hydrogens is 455 g/mol. The average molecular weight is 471 g/mol. The molecule has 0 unspecified atom stereocenters. The summed E-state index contributed by atoms with van der Waals surface area (Å²) in [6.45, 7) is 1.60. The molecule has 0 fully saturated rings. The van der Waals surface area contributed by atoms with Gasteiger partial charge in [0, 0.05) is 28.1 Å². The Morgan fingerprint density at radius 1 is 1.16 bits per heavy atom. The molecule has 0 saturated heterocycles.